The van der Waals surface area contributed by atoms with Gasteiger partial charge in [-0.2, -0.15) is 0 Å². The SMILES string of the molecule is CCOc1cc(C2/C(=C(\[O-])c3ccc4c(c3)CC(C)O4)C(=O)C(=O)N2CCC[NH+](CC)CC)ccc1O. The van der Waals surface area contributed by atoms with Gasteiger partial charge in [-0.15, -0.1) is 0 Å². The summed E-state index contributed by atoms with van der Waals surface area (Å²) in [6.45, 7) is 11.5. The molecular weight excluding hydrogens is 472 g/mol. The van der Waals surface area contributed by atoms with Crippen LogP contribution in [-0.2, 0) is 16.0 Å². The van der Waals surface area contributed by atoms with Gasteiger partial charge in [0.1, 0.15) is 11.9 Å². The van der Waals surface area contributed by atoms with Crippen LogP contribution in [0.3, 0.4) is 0 Å². The Morgan fingerprint density at radius 1 is 1.16 bits per heavy atom. The number of amides is 1. The van der Waals surface area contributed by atoms with Gasteiger partial charge in [0.25, 0.3) is 5.91 Å². The van der Waals surface area contributed by atoms with Crippen molar-refractivity contribution in [3.63, 3.8) is 0 Å². The number of quaternary nitrogens is 1. The fourth-order valence-corrected chi connectivity index (χ4v) is 5.24. The van der Waals surface area contributed by atoms with Gasteiger partial charge in [0.15, 0.2) is 11.5 Å². The van der Waals surface area contributed by atoms with Gasteiger partial charge >= 0.3 is 0 Å². The summed E-state index contributed by atoms with van der Waals surface area (Å²) in [4.78, 5) is 29.5. The first-order valence-corrected chi connectivity index (χ1v) is 13.1. The number of carbonyl (C=O) groups is 2. The number of phenolic OH excluding ortho intramolecular Hbond substituents is 1. The minimum Gasteiger partial charge on any atom is -0.872 e. The molecule has 2 aliphatic heterocycles. The molecule has 0 saturated carbocycles. The number of ether oxygens (including phenoxy) is 2. The van der Waals surface area contributed by atoms with E-state index in [9.17, 15) is 19.8 Å². The largest absolute Gasteiger partial charge is 0.872 e. The molecular formula is C29H36N2O6. The molecule has 0 aromatic heterocycles. The van der Waals surface area contributed by atoms with Crippen LogP contribution in [0.2, 0.25) is 0 Å². The number of hydrogen-bond acceptors (Lipinski definition) is 6. The Kier molecular flexibility index (Phi) is 8.07. The van der Waals surface area contributed by atoms with E-state index in [1.165, 1.54) is 15.9 Å². The highest BCUT2D eigenvalue weighted by molar-refractivity contribution is 6.46. The van der Waals surface area contributed by atoms with Crippen LogP contribution in [0.5, 0.6) is 17.2 Å². The van der Waals surface area contributed by atoms with E-state index in [1.54, 1.807) is 37.3 Å². The molecule has 8 nitrogen and oxygen atoms in total. The number of rotatable bonds is 10. The summed E-state index contributed by atoms with van der Waals surface area (Å²) >= 11 is 0. The van der Waals surface area contributed by atoms with Crippen LogP contribution >= 0.6 is 0 Å². The number of carbonyl (C=O) groups excluding carboxylic acids is 2. The maximum Gasteiger partial charge on any atom is 0.295 e. The van der Waals surface area contributed by atoms with Crippen molar-refractivity contribution in [1.82, 2.24) is 4.90 Å². The minimum atomic E-state index is -0.859. The molecule has 2 N–H and O–H groups in total. The molecule has 2 heterocycles. The molecule has 0 radical (unpaired) electrons. The van der Waals surface area contributed by atoms with Gasteiger partial charge in [0.05, 0.1) is 32.3 Å². The molecule has 1 fully saturated rings. The number of fused-ring (bicyclic) bond motifs is 1. The zero-order chi connectivity index (χ0) is 26.7. The quantitative estimate of drug-likeness (QED) is 0.287. The van der Waals surface area contributed by atoms with Crippen molar-refractivity contribution in [2.45, 2.75) is 52.7 Å². The molecule has 0 aliphatic carbocycles. The number of phenols is 1. The lowest BCUT2D eigenvalue weighted by atomic mass is 9.94. The van der Waals surface area contributed by atoms with Crippen molar-refractivity contribution in [3.8, 4) is 17.2 Å². The van der Waals surface area contributed by atoms with E-state index in [4.69, 9.17) is 9.47 Å². The zero-order valence-corrected chi connectivity index (χ0v) is 22.0. The number of likely N-dealkylation sites (tertiary alicyclic amines) is 1. The Morgan fingerprint density at radius 3 is 2.62 bits per heavy atom. The lowest BCUT2D eigenvalue weighted by Gasteiger charge is -2.28. The summed E-state index contributed by atoms with van der Waals surface area (Å²) in [6, 6.07) is 9.03. The number of nitrogens with one attached hydrogen (secondary N) is 1. The van der Waals surface area contributed by atoms with Crippen molar-refractivity contribution < 1.29 is 34.2 Å². The van der Waals surface area contributed by atoms with Gasteiger partial charge in [0.2, 0.25) is 5.78 Å². The highest BCUT2D eigenvalue weighted by Crippen LogP contribution is 2.42. The first-order valence-electron chi connectivity index (χ1n) is 13.1. The number of ketones is 1. The van der Waals surface area contributed by atoms with Gasteiger partial charge in [-0.25, -0.2) is 0 Å². The average molecular weight is 509 g/mol. The van der Waals surface area contributed by atoms with Crippen molar-refractivity contribution in [2.75, 3.05) is 32.8 Å². The molecule has 2 aromatic rings. The second-order valence-electron chi connectivity index (χ2n) is 9.65. The molecule has 37 heavy (non-hydrogen) atoms. The second kappa shape index (κ2) is 11.3. The van der Waals surface area contributed by atoms with Gasteiger partial charge in [-0.05, 0) is 68.7 Å². The summed E-state index contributed by atoms with van der Waals surface area (Å²) in [6.07, 6.45) is 1.39. The zero-order valence-electron chi connectivity index (χ0n) is 22.0. The summed E-state index contributed by atoms with van der Waals surface area (Å²) < 4.78 is 11.3. The van der Waals surface area contributed by atoms with E-state index < -0.39 is 23.5 Å². The van der Waals surface area contributed by atoms with Gasteiger partial charge < -0.3 is 29.5 Å². The lowest BCUT2D eigenvalue weighted by molar-refractivity contribution is -0.896. The predicted molar refractivity (Wildman–Crippen MR) is 137 cm³/mol. The molecule has 0 spiro atoms. The Bertz CT molecular complexity index is 1200. The van der Waals surface area contributed by atoms with Crippen molar-refractivity contribution in [3.05, 3.63) is 58.7 Å². The Balaban J connectivity index is 1.77. The van der Waals surface area contributed by atoms with Gasteiger partial charge in [0, 0.05) is 25.0 Å². The summed E-state index contributed by atoms with van der Waals surface area (Å²) in [7, 11) is 0. The number of aromatic hydroxyl groups is 1. The molecule has 2 unspecified atom stereocenters. The molecule has 198 valence electrons. The van der Waals surface area contributed by atoms with Gasteiger partial charge in [-0.1, -0.05) is 17.9 Å². The van der Waals surface area contributed by atoms with Crippen molar-refractivity contribution in [2.24, 2.45) is 0 Å². The molecule has 0 bridgehead atoms. The van der Waals surface area contributed by atoms with Gasteiger partial charge in [-0.3, -0.25) is 9.59 Å². The molecule has 1 saturated heterocycles. The highest BCUT2D eigenvalue weighted by Gasteiger charge is 2.44. The monoisotopic (exact) mass is 508 g/mol. The Labute approximate surface area is 218 Å². The topological polar surface area (TPSA) is 104 Å². The molecule has 2 aromatic carbocycles. The molecule has 8 heteroatoms. The number of nitrogens with zero attached hydrogens (tertiary/aromatic N) is 1. The van der Waals surface area contributed by atoms with Crippen LogP contribution in [0.1, 0.15) is 56.8 Å². The molecule has 2 aliphatic rings. The Morgan fingerprint density at radius 2 is 1.92 bits per heavy atom. The molecule has 1 amide bonds. The Hall–Kier alpha value is -3.52. The van der Waals surface area contributed by atoms with E-state index >= 15 is 0 Å². The lowest BCUT2D eigenvalue weighted by Crippen LogP contribution is -3.11. The number of Topliss-reactive ketones (excluding diaryl/α,β-unsaturated/α-hetero) is 1. The summed E-state index contributed by atoms with van der Waals surface area (Å²) in [5.41, 5.74) is 1.75. The van der Waals surface area contributed by atoms with Crippen molar-refractivity contribution in [1.29, 1.82) is 0 Å². The summed E-state index contributed by atoms with van der Waals surface area (Å²) in [5.74, 6) is -0.977. The van der Waals surface area contributed by atoms with Crippen LogP contribution in [0.4, 0.5) is 0 Å². The minimum absolute atomic E-state index is 0.0212. The standard InChI is InChI=1S/C29H36N2O6/c1-5-30(6-2)13-8-14-31-26(19-9-11-22(32)24(17-19)36-7-3)25(28(34)29(31)35)27(33)20-10-12-23-21(16-20)15-18(4)37-23/h9-12,16-18,26,32-33H,5-8,13-15H2,1-4H3/b27-25+. The van der Waals surface area contributed by atoms with Crippen LogP contribution in [0.15, 0.2) is 42.0 Å². The van der Waals surface area contributed by atoms with Crippen LogP contribution in [0.25, 0.3) is 5.76 Å². The van der Waals surface area contributed by atoms with Crippen LogP contribution in [-0.4, -0.2) is 60.6 Å². The molecule has 2 atom stereocenters. The third kappa shape index (κ3) is 5.30. The average Bonchev–Trinajstić information content (AvgIpc) is 3.38. The second-order valence-corrected chi connectivity index (χ2v) is 9.65. The predicted octanol–water partition coefficient (Wildman–Crippen LogP) is 1.65. The van der Waals surface area contributed by atoms with E-state index in [0.717, 1.165) is 30.9 Å². The van der Waals surface area contributed by atoms with E-state index in [-0.39, 0.29) is 23.2 Å². The maximum atomic E-state index is 13.8. The van der Waals surface area contributed by atoms with E-state index in [1.807, 2.05) is 6.92 Å². The highest BCUT2D eigenvalue weighted by atomic mass is 16.5. The first-order chi connectivity index (χ1) is 17.8. The number of hydrogen-bond donors (Lipinski definition) is 2. The van der Waals surface area contributed by atoms with Crippen LogP contribution in [0, 0.1) is 0 Å². The number of benzene rings is 2. The van der Waals surface area contributed by atoms with E-state index in [2.05, 4.69) is 13.8 Å². The smallest absolute Gasteiger partial charge is 0.295 e. The maximum absolute atomic E-state index is 13.8. The molecule has 4 rings (SSSR count). The normalized spacial score (nSPS) is 20.4. The fourth-order valence-electron chi connectivity index (χ4n) is 5.24. The fraction of sp³-hybridized carbons (Fsp3) is 0.448. The third-order valence-corrected chi connectivity index (χ3v) is 7.22. The summed E-state index contributed by atoms with van der Waals surface area (Å²) in [5, 5.41) is 24.0. The first kappa shape index (κ1) is 26.5. The third-order valence-electron chi connectivity index (χ3n) is 7.22. The van der Waals surface area contributed by atoms with E-state index in [0.29, 0.717) is 37.1 Å². The van der Waals surface area contributed by atoms with Crippen LogP contribution < -0.4 is 19.5 Å². The van der Waals surface area contributed by atoms with Crippen molar-refractivity contribution >= 4 is 17.4 Å².